The fraction of sp³-hybridized carbons (Fsp3) is 0.600. The fourth-order valence-electron chi connectivity index (χ4n) is 2.23. The number of benzene rings is 1. The second-order valence-corrected chi connectivity index (χ2v) is 7.34. The van der Waals surface area contributed by atoms with Gasteiger partial charge >= 0.3 is 0 Å². The summed E-state index contributed by atoms with van der Waals surface area (Å²) in [5.41, 5.74) is 0.732. The lowest BCUT2D eigenvalue weighted by atomic mass is 10.1. The highest BCUT2D eigenvalue weighted by molar-refractivity contribution is 7.89. The molecular weight excluding hydrogens is 274 g/mol. The number of aliphatic hydroxyl groups excluding tert-OH is 1. The third kappa shape index (κ3) is 3.40. The van der Waals surface area contributed by atoms with Gasteiger partial charge in [0.25, 0.3) is 0 Å². The van der Waals surface area contributed by atoms with Crippen LogP contribution in [-0.2, 0) is 10.0 Å². The number of unbranched alkanes of at least 4 members (excludes halogenated alkanes) is 1. The van der Waals surface area contributed by atoms with Gasteiger partial charge in [0.2, 0.25) is 10.0 Å². The molecule has 0 saturated heterocycles. The molecule has 1 aliphatic carbocycles. The van der Waals surface area contributed by atoms with E-state index >= 15 is 0 Å². The second kappa shape index (κ2) is 6.24. The van der Waals surface area contributed by atoms with Crippen molar-refractivity contribution < 1.29 is 13.5 Å². The van der Waals surface area contributed by atoms with E-state index in [4.69, 9.17) is 0 Å². The lowest BCUT2D eigenvalue weighted by Crippen LogP contribution is -2.34. The zero-order valence-corrected chi connectivity index (χ0v) is 12.9. The fourth-order valence-corrected chi connectivity index (χ4v) is 3.95. The molecule has 1 unspecified atom stereocenters. The summed E-state index contributed by atoms with van der Waals surface area (Å²) in [5.74, 6) is 0. The normalized spacial score (nSPS) is 17.4. The van der Waals surface area contributed by atoms with Crippen LogP contribution in [0.25, 0.3) is 0 Å². The van der Waals surface area contributed by atoms with Gasteiger partial charge in [-0.15, -0.1) is 0 Å². The van der Waals surface area contributed by atoms with Gasteiger partial charge in [0.1, 0.15) is 0 Å². The van der Waals surface area contributed by atoms with Gasteiger partial charge < -0.3 is 5.11 Å². The summed E-state index contributed by atoms with van der Waals surface area (Å²) >= 11 is 0. The van der Waals surface area contributed by atoms with E-state index in [1.807, 2.05) is 0 Å². The van der Waals surface area contributed by atoms with E-state index in [-0.39, 0.29) is 6.04 Å². The summed E-state index contributed by atoms with van der Waals surface area (Å²) in [7, 11) is -3.40. The summed E-state index contributed by atoms with van der Waals surface area (Å²) in [6.07, 6.45) is 3.23. The third-order valence-electron chi connectivity index (χ3n) is 3.66. The average molecular weight is 297 g/mol. The van der Waals surface area contributed by atoms with Crippen molar-refractivity contribution in [2.24, 2.45) is 0 Å². The molecule has 1 aromatic rings. The van der Waals surface area contributed by atoms with Crippen LogP contribution in [0.1, 0.15) is 51.2 Å². The predicted molar refractivity (Wildman–Crippen MR) is 78.9 cm³/mol. The molecule has 5 heteroatoms. The summed E-state index contributed by atoms with van der Waals surface area (Å²) in [6, 6.07) is 6.74. The van der Waals surface area contributed by atoms with Crippen LogP contribution in [0.5, 0.6) is 0 Å². The van der Waals surface area contributed by atoms with Crippen molar-refractivity contribution in [3.63, 3.8) is 0 Å². The maximum Gasteiger partial charge on any atom is 0.243 e. The summed E-state index contributed by atoms with van der Waals surface area (Å²) < 4.78 is 27.0. The van der Waals surface area contributed by atoms with Crippen LogP contribution in [0.15, 0.2) is 29.2 Å². The molecule has 20 heavy (non-hydrogen) atoms. The Kier molecular flexibility index (Phi) is 4.83. The van der Waals surface area contributed by atoms with Crippen molar-refractivity contribution >= 4 is 10.0 Å². The van der Waals surface area contributed by atoms with Gasteiger partial charge in [-0.2, -0.15) is 4.31 Å². The molecule has 0 radical (unpaired) electrons. The van der Waals surface area contributed by atoms with E-state index in [2.05, 4.69) is 6.92 Å². The summed E-state index contributed by atoms with van der Waals surface area (Å²) in [4.78, 5) is 0.324. The Labute approximate surface area is 121 Å². The Morgan fingerprint density at radius 3 is 2.35 bits per heavy atom. The summed E-state index contributed by atoms with van der Waals surface area (Å²) in [5, 5.41) is 9.48. The first kappa shape index (κ1) is 15.5. The van der Waals surface area contributed by atoms with Crippen molar-refractivity contribution in [2.45, 2.75) is 56.6 Å². The molecule has 1 saturated carbocycles. The molecule has 1 fully saturated rings. The van der Waals surface area contributed by atoms with E-state index < -0.39 is 16.1 Å². The van der Waals surface area contributed by atoms with Crippen LogP contribution < -0.4 is 0 Å². The standard InChI is InChI=1S/C15H23NO3S/c1-3-4-11-16(14-7-8-14)20(18,19)15-9-5-13(6-10-15)12(2)17/h5-6,9-10,12,14,17H,3-4,7-8,11H2,1-2H3. The van der Waals surface area contributed by atoms with Crippen LogP contribution in [0.2, 0.25) is 0 Å². The Morgan fingerprint density at radius 2 is 1.90 bits per heavy atom. The molecule has 0 bridgehead atoms. The number of sulfonamides is 1. The van der Waals surface area contributed by atoms with Gasteiger partial charge in [0.15, 0.2) is 0 Å². The highest BCUT2D eigenvalue weighted by Gasteiger charge is 2.37. The minimum Gasteiger partial charge on any atom is -0.389 e. The van der Waals surface area contributed by atoms with Crippen molar-refractivity contribution in [1.29, 1.82) is 0 Å². The van der Waals surface area contributed by atoms with Crippen LogP contribution in [-0.4, -0.2) is 30.4 Å². The highest BCUT2D eigenvalue weighted by Crippen LogP contribution is 2.32. The van der Waals surface area contributed by atoms with Crippen LogP contribution in [0.3, 0.4) is 0 Å². The zero-order chi connectivity index (χ0) is 14.8. The Balaban J connectivity index is 2.22. The van der Waals surface area contributed by atoms with E-state index in [0.29, 0.717) is 11.4 Å². The largest absolute Gasteiger partial charge is 0.389 e. The topological polar surface area (TPSA) is 57.6 Å². The number of aliphatic hydroxyl groups is 1. The molecule has 1 aliphatic rings. The van der Waals surface area contributed by atoms with Gasteiger partial charge in [-0.25, -0.2) is 8.42 Å². The minimum absolute atomic E-state index is 0.183. The molecule has 1 atom stereocenters. The quantitative estimate of drug-likeness (QED) is 0.842. The molecule has 1 aromatic carbocycles. The number of rotatable bonds is 7. The molecular formula is C15H23NO3S. The smallest absolute Gasteiger partial charge is 0.243 e. The predicted octanol–water partition coefficient (Wildman–Crippen LogP) is 2.69. The van der Waals surface area contributed by atoms with Crippen molar-refractivity contribution in [2.75, 3.05) is 6.54 Å². The first-order valence-electron chi connectivity index (χ1n) is 7.26. The van der Waals surface area contributed by atoms with Gasteiger partial charge in [0.05, 0.1) is 11.0 Å². The Hall–Kier alpha value is -0.910. The summed E-state index contributed by atoms with van der Waals surface area (Å²) in [6.45, 7) is 4.33. The van der Waals surface area contributed by atoms with Crippen LogP contribution in [0, 0.1) is 0 Å². The number of hydrogen-bond donors (Lipinski definition) is 1. The highest BCUT2D eigenvalue weighted by atomic mass is 32.2. The first-order chi connectivity index (χ1) is 9.46. The van der Waals surface area contributed by atoms with E-state index in [9.17, 15) is 13.5 Å². The first-order valence-corrected chi connectivity index (χ1v) is 8.70. The van der Waals surface area contributed by atoms with E-state index in [0.717, 1.165) is 31.2 Å². The molecule has 4 nitrogen and oxygen atoms in total. The lowest BCUT2D eigenvalue weighted by molar-refractivity contribution is 0.199. The van der Waals surface area contributed by atoms with Crippen LogP contribution >= 0.6 is 0 Å². The van der Waals surface area contributed by atoms with Crippen molar-refractivity contribution in [3.8, 4) is 0 Å². The Bertz CT molecular complexity index is 533. The van der Waals surface area contributed by atoms with E-state index in [1.165, 1.54) is 0 Å². The third-order valence-corrected chi connectivity index (χ3v) is 5.62. The molecule has 0 aliphatic heterocycles. The van der Waals surface area contributed by atoms with Crippen LogP contribution in [0.4, 0.5) is 0 Å². The maximum absolute atomic E-state index is 12.7. The zero-order valence-electron chi connectivity index (χ0n) is 12.1. The van der Waals surface area contributed by atoms with Crippen molar-refractivity contribution in [1.82, 2.24) is 4.31 Å². The molecule has 0 heterocycles. The minimum atomic E-state index is -3.40. The number of nitrogens with zero attached hydrogens (tertiary/aromatic N) is 1. The van der Waals surface area contributed by atoms with Crippen molar-refractivity contribution in [3.05, 3.63) is 29.8 Å². The molecule has 0 spiro atoms. The maximum atomic E-state index is 12.7. The SMILES string of the molecule is CCCCN(C1CC1)S(=O)(=O)c1ccc(C(C)O)cc1. The molecule has 0 aromatic heterocycles. The monoisotopic (exact) mass is 297 g/mol. The average Bonchev–Trinajstić information content (AvgIpc) is 3.23. The molecule has 1 N–H and O–H groups in total. The lowest BCUT2D eigenvalue weighted by Gasteiger charge is -2.22. The molecule has 112 valence electrons. The number of hydrogen-bond acceptors (Lipinski definition) is 3. The van der Waals surface area contributed by atoms with Gasteiger partial charge in [-0.3, -0.25) is 0 Å². The second-order valence-electron chi connectivity index (χ2n) is 5.45. The van der Waals surface area contributed by atoms with Gasteiger partial charge in [0, 0.05) is 12.6 Å². The molecule has 2 rings (SSSR count). The molecule has 0 amide bonds. The van der Waals surface area contributed by atoms with Gasteiger partial charge in [-0.05, 0) is 43.9 Å². The van der Waals surface area contributed by atoms with Gasteiger partial charge in [-0.1, -0.05) is 25.5 Å². The Morgan fingerprint density at radius 1 is 1.30 bits per heavy atom. The van der Waals surface area contributed by atoms with E-state index in [1.54, 1.807) is 35.5 Å².